The number of nitrogens with one attached hydrogen (secondary N) is 1. The van der Waals surface area contributed by atoms with Gasteiger partial charge in [0.05, 0.1) is 10.6 Å². The van der Waals surface area contributed by atoms with Gasteiger partial charge in [-0.3, -0.25) is 13.9 Å². The molecule has 0 saturated heterocycles. The summed E-state index contributed by atoms with van der Waals surface area (Å²) in [5.41, 5.74) is 2.92. The molecular formula is C32H38ClN3O4S. The minimum Gasteiger partial charge on any atom is -0.352 e. The van der Waals surface area contributed by atoms with Gasteiger partial charge in [-0.05, 0) is 86.7 Å². The second-order valence-corrected chi connectivity index (χ2v) is 13.1. The van der Waals surface area contributed by atoms with Gasteiger partial charge in [-0.15, -0.1) is 0 Å². The maximum Gasteiger partial charge on any atom is 0.264 e. The first-order valence-electron chi connectivity index (χ1n) is 14.0. The van der Waals surface area contributed by atoms with Crippen LogP contribution in [-0.2, 0) is 26.2 Å². The van der Waals surface area contributed by atoms with E-state index in [-0.39, 0.29) is 23.4 Å². The van der Waals surface area contributed by atoms with Crippen molar-refractivity contribution in [2.24, 2.45) is 0 Å². The van der Waals surface area contributed by atoms with Crippen molar-refractivity contribution in [3.63, 3.8) is 0 Å². The zero-order valence-corrected chi connectivity index (χ0v) is 25.4. The quantitative estimate of drug-likeness (QED) is 0.311. The van der Waals surface area contributed by atoms with E-state index in [0.29, 0.717) is 10.7 Å². The molecule has 9 heteroatoms. The Kier molecular flexibility index (Phi) is 10.1. The Morgan fingerprint density at radius 3 is 2.15 bits per heavy atom. The lowest BCUT2D eigenvalue weighted by molar-refractivity contribution is -0.139. The smallest absolute Gasteiger partial charge is 0.264 e. The van der Waals surface area contributed by atoms with Crippen LogP contribution in [-0.4, -0.2) is 43.8 Å². The molecule has 2 amide bonds. The molecule has 3 aromatic carbocycles. The Hall–Kier alpha value is -3.36. The zero-order chi connectivity index (χ0) is 29.6. The molecule has 7 nitrogen and oxygen atoms in total. The highest BCUT2D eigenvalue weighted by atomic mass is 35.5. The highest BCUT2D eigenvalue weighted by molar-refractivity contribution is 7.92. The first kappa shape index (κ1) is 30.6. The molecule has 1 fully saturated rings. The normalized spacial score (nSPS) is 14.7. The van der Waals surface area contributed by atoms with E-state index in [2.05, 4.69) is 5.32 Å². The number of anilines is 1. The van der Waals surface area contributed by atoms with E-state index in [9.17, 15) is 18.0 Å². The molecule has 1 aliphatic rings. The molecule has 0 bridgehead atoms. The number of nitrogens with zero attached hydrogens (tertiary/aromatic N) is 2. The van der Waals surface area contributed by atoms with Crippen LogP contribution in [0.25, 0.3) is 0 Å². The van der Waals surface area contributed by atoms with Crippen molar-refractivity contribution >= 4 is 39.1 Å². The Bertz CT molecular complexity index is 1440. The number of sulfonamides is 1. The lowest BCUT2D eigenvalue weighted by Crippen LogP contribution is -2.53. The second-order valence-electron chi connectivity index (χ2n) is 10.8. The molecule has 0 aliphatic heterocycles. The van der Waals surface area contributed by atoms with Crippen LogP contribution in [0, 0.1) is 13.8 Å². The summed E-state index contributed by atoms with van der Waals surface area (Å²) in [6, 6.07) is 19.9. The maximum absolute atomic E-state index is 14.1. The van der Waals surface area contributed by atoms with E-state index in [4.69, 9.17) is 11.6 Å². The molecule has 1 atom stereocenters. The van der Waals surface area contributed by atoms with Gasteiger partial charge in [-0.2, -0.15) is 0 Å². The molecule has 0 radical (unpaired) electrons. The van der Waals surface area contributed by atoms with E-state index in [1.165, 1.54) is 17.0 Å². The van der Waals surface area contributed by atoms with E-state index in [1.807, 2.05) is 19.9 Å². The number of aryl methyl sites for hydroxylation is 2. The fourth-order valence-electron chi connectivity index (χ4n) is 5.28. The molecule has 0 spiro atoms. The average Bonchev–Trinajstić information content (AvgIpc) is 2.95. The standard InChI is InChI=1S/C32H38ClN3O4S/c1-23-18-24(2)20-29(19-23)36(41(39,40)30-12-8-5-9-13-30)22-31(37)35(21-26-14-16-27(33)17-15-26)25(3)32(38)34-28-10-6-4-7-11-28/h5,8-9,12-20,25,28H,4,6-7,10-11,21-22H2,1-3H3,(H,34,38)/t25-/m0/s1. The largest absolute Gasteiger partial charge is 0.352 e. The van der Waals surface area contributed by atoms with Gasteiger partial charge in [-0.25, -0.2) is 8.42 Å². The highest BCUT2D eigenvalue weighted by Gasteiger charge is 2.33. The van der Waals surface area contributed by atoms with Gasteiger partial charge < -0.3 is 10.2 Å². The van der Waals surface area contributed by atoms with Gasteiger partial charge >= 0.3 is 0 Å². The monoisotopic (exact) mass is 595 g/mol. The van der Waals surface area contributed by atoms with Crippen LogP contribution < -0.4 is 9.62 Å². The average molecular weight is 596 g/mol. The van der Waals surface area contributed by atoms with Crippen LogP contribution in [0.4, 0.5) is 5.69 Å². The fourth-order valence-corrected chi connectivity index (χ4v) is 6.83. The summed E-state index contributed by atoms with van der Waals surface area (Å²) in [6.07, 6.45) is 5.12. The van der Waals surface area contributed by atoms with E-state index in [0.717, 1.165) is 53.1 Å². The van der Waals surface area contributed by atoms with Crippen molar-refractivity contribution in [2.75, 3.05) is 10.8 Å². The number of amides is 2. The minimum atomic E-state index is -4.10. The summed E-state index contributed by atoms with van der Waals surface area (Å²) >= 11 is 6.08. The summed E-state index contributed by atoms with van der Waals surface area (Å²) in [5.74, 6) is -0.729. The Labute approximate surface area is 248 Å². The molecule has 4 rings (SSSR count). The lowest BCUT2D eigenvalue weighted by atomic mass is 9.95. The number of carbonyl (C=O) groups excluding carboxylic acids is 2. The fraction of sp³-hybridized carbons (Fsp3) is 0.375. The van der Waals surface area contributed by atoms with Crippen molar-refractivity contribution in [3.05, 3.63) is 94.5 Å². The first-order valence-corrected chi connectivity index (χ1v) is 15.9. The number of benzene rings is 3. The van der Waals surface area contributed by atoms with Gasteiger partial charge in [-0.1, -0.05) is 67.3 Å². The molecule has 0 aromatic heterocycles. The lowest BCUT2D eigenvalue weighted by Gasteiger charge is -2.33. The molecular weight excluding hydrogens is 558 g/mol. The summed E-state index contributed by atoms with van der Waals surface area (Å²) in [6.45, 7) is 5.13. The number of hydrogen-bond donors (Lipinski definition) is 1. The Balaban J connectivity index is 1.68. The Morgan fingerprint density at radius 2 is 1.54 bits per heavy atom. The van der Waals surface area contributed by atoms with Gasteiger partial charge in [0, 0.05) is 17.6 Å². The second kappa shape index (κ2) is 13.5. The summed E-state index contributed by atoms with van der Waals surface area (Å²) in [4.78, 5) is 29.0. The van der Waals surface area contributed by atoms with Gasteiger partial charge in [0.2, 0.25) is 11.8 Å². The van der Waals surface area contributed by atoms with E-state index < -0.39 is 28.5 Å². The van der Waals surface area contributed by atoms with Crippen LogP contribution in [0.5, 0.6) is 0 Å². The zero-order valence-electron chi connectivity index (χ0n) is 23.8. The molecule has 41 heavy (non-hydrogen) atoms. The molecule has 0 heterocycles. The van der Waals surface area contributed by atoms with Crippen molar-refractivity contribution < 1.29 is 18.0 Å². The minimum absolute atomic E-state index is 0.0800. The van der Waals surface area contributed by atoms with Crippen LogP contribution in [0.2, 0.25) is 5.02 Å². The topological polar surface area (TPSA) is 86.8 Å². The van der Waals surface area contributed by atoms with Crippen LogP contribution in [0.1, 0.15) is 55.7 Å². The third-order valence-electron chi connectivity index (χ3n) is 7.49. The third-order valence-corrected chi connectivity index (χ3v) is 9.53. The van der Waals surface area contributed by atoms with Crippen molar-refractivity contribution in [1.29, 1.82) is 0 Å². The number of halogens is 1. The maximum atomic E-state index is 14.1. The van der Waals surface area contributed by atoms with Gasteiger partial charge in [0.15, 0.2) is 0 Å². The predicted octanol–water partition coefficient (Wildman–Crippen LogP) is 6.02. The molecule has 218 valence electrons. The predicted molar refractivity (Wildman–Crippen MR) is 163 cm³/mol. The van der Waals surface area contributed by atoms with Crippen molar-refractivity contribution in [3.8, 4) is 0 Å². The van der Waals surface area contributed by atoms with Crippen LogP contribution in [0.3, 0.4) is 0 Å². The molecule has 0 unspecified atom stereocenters. The van der Waals surface area contributed by atoms with E-state index in [1.54, 1.807) is 61.5 Å². The van der Waals surface area contributed by atoms with Gasteiger partial charge in [0.1, 0.15) is 12.6 Å². The van der Waals surface area contributed by atoms with Crippen LogP contribution >= 0.6 is 11.6 Å². The SMILES string of the molecule is Cc1cc(C)cc(N(CC(=O)N(Cc2ccc(Cl)cc2)[C@@H](C)C(=O)NC2CCCCC2)S(=O)(=O)c2ccccc2)c1. The summed E-state index contributed by atoms with van der Waals surface area (Å²) < 4.78 is 29.0. The summed E-state index contributed by atoms with van der Waals surface area (Å²) in [7, 11) is -4.10. The van der Waals surface area contributed by atoms with Crippen molar-refractivity contribution in [2.45, 2.75) is 76.4 Å². The van der Waals surface area contributed by atoms with Gasteiger partial charge in [0.25, 0.3) is 10.0 Å². The van der Waals surface area contributed by atoms with Crippen LogP contribution in [0.15, 0.2) is 77.7 Å². The molecule has 1 saturated carbocycles. The number of hydrogen-bond acceptors (Lipinski definition) is 4. The number of rotatable bonds is 10. The highest BCUT2D eigenvalue weighted by Crippen LogP contribution is 2.27. The van der Waals surface area contributed by atoms with Crippen molar-refractivity contribution in [1.82, 2.24) is 10.2 Å². The molecule has 1 aliphatic carbocycles. The summed E-state index contributed by atoms with van der Waals surface area (Å²) in [5, 5.41) is 3.68. The van der Waals surface area contributed by atoms with E-state index >= 15 is 0 Å². The first-order chi connectivity index (χ1) is 19.5. The molecule has 1 N–H and O–H groups in total. The third kappa shape index (κ3) is 7.89. The number of carbonyl (C=O) groups is 2. The Morgan fingerprint density at radius 1 is 0.927 bits per heavy atom. The molecule has 3 aromatic rings.